The maximum absolute atomic E-state index is 12.2. The van der Waals surface area contributed by atoms with Crippen LogP contribution in [0.5, 0.6) is 0 Å². The molecule has 1 aliphatic rings. The van der Waals surface area contributed by atoms with Crippen LogP contribution in [0.3, 0.4) is 0 Å². The highest BCUT2D eigenvalue weighted by Gasteiger charge is 2.32. The Kier molecular flexibility index (Phi) is 5.40. The first-order chi connectivity index (χ1) is 10.7. The van der Waals surface area contributed by atoms with Crippen molar-refractivity contribution < 1.29 is 13.9 Å². The van der Waals surface area contributed by atoms with Crippen molar-refractivity contribution in [2.24, 2.45) is 0 Å². The number of amides is 1. The van der Waals surface area contributed by atoms with Gasteiger partial charge in [0.25, 0.3) is 0 Å². The lowest BCUT2D eigenvalue weighted by molar-refractivity contribution is 0.00895. The van der Waals surface area contributed by atoms with E-state index < -0.39 is 5.60 Å². The number of hydrogen-bond donors (Lipinski definition) is 1. The van der Waals surface area contributed by atoms with Crippen LogP contribution in [-0.4, -0.2) is 35.2 Å². The minimum Gasteiger partial charge on any atom is -0.465 e. The van der Waals surface area contributed by atoms with Gasteiger partial charge in [-0.3, -0.25) is 0 Å². The summed E-state index contributed by atoms with van der Waals surface area (Å²) in [6, 6.07) is 4.73. The zero-order valence-electron chi connectivity index (χ0n) is 15.2. The molecule has 1 saturated heterocycles. The van der Waals surface area contributed by atoms with E-state index in [-0.39, 0.29) is 18.2 Å². The SMILES string of the molecule is Cc1ccc(C(C)NC2CCN(C(=O)OC(C)(C)C)C(C)C2)o1. The molecular formula is C18H30N2O3. The van der Waals surface area contributed by atoms with Crippen LogP contribution in [0, 0.1) is 6.92 Å². The number of carbonyl (C=O) groups is 1. The summed E-state index contributed by atoms with van der Waals surface area (Å²) in [5.74, 6) is 1.89. The minimum atomic E-state index is -0.447. The molecule has 2 rings (SSSR count). The second-order valence-electron chi connectivity index (χ2n) is 7.58. The normalized spacial score (nSPS) is 23.7. The second-order valence-corrected chi connectivity index (χ2v) is 7.58. The van der Waals surface area contributed by atoms with Crippen molar-refractivity contribution >= 4 is 6.09 Å². The number of likely N-dealkylation sites (tertiary alicyclic amines) is 1. The van der Waals surface area contributed by atoms with Gasteiger partial charge >= 0.3 is 6.09 Å². The Labute approximate surface area is 139 Å². The molecule has 3 unspecified atom stereocenters. The highest BCUT2D eigenvalue weighted by atomic mass is 16.6. The maximum atomic E-state index is 12.2. The van der Waals surface area contributed by atoms with Gasteiger partial charge in [-0.2, -0.15) is 0 Å². The molecule has 1 fully saturated rings. The molecule has 0 saturated carbocycles. The summed E-state index contributed by atoms with van der Waals surface area (Å²) in [7, 11) is 0. The van der Waals surface area contributed by atoms with Gasteiger partial charge in [0.05, 0.1) is 6.04 Å². The van der Waals surface area contributed by atoms with Crippen LogP contribution >= 0.6 is 0 Å². The molecular weight excluding hydrogens is 292 g/mol. The fourth-order valence-corrected chi connectivity index (χ4v) is 3.04. The summed E-state index contributed by atoms with van der Waals surface area (Å²) in [4.78, 5) is 14.1. The first-order valence-corrected chi connectivity index (χ1v) is 8.47. The number of rotatable bonds is 3. The Bertz CT molecular complexity index is 533. The van der Waals surface area contributed by atoms with Crippen molar-refractivity contribution in [1.82, 2.24) is 10.2 Å². The Hall–Kier alpha value is -1.49. The van der Waals surface area contributed by atoms with Crippen molar-refractivity contribution in [2.75, 3.05) is 6.54 Å². The van der Waals surface area contributed by atoms with Crippen LogP contribution in [-0.2, 0) is 4.74 Å². The fraction of sp³-hybridized carbons (Fsp3) is 0.722. The number of nitrogens with zero attached hydrogens (tertiary/aromatic N) is 1. The molecule has 130 valence electrons. The lowest BCUT2D eigenvalue weighted by Gasteiger charge is -2.39. The molecule has 1 aromatic rings. The topological polar surface area (TPSA) is 54.7 Å². The lowest BCUT2D eigenvalue weighted by Crippen LogP contribution is -2.51. The third-order valence-electron chi connectivity index (χ3n) is 4.18. The third-order valence-corrected chi connectivity index (χ3v) is 4.18. The molecule has 0 spiro atoms. The molecule has 5 nitrogen and oxygen atoms in total. The van der Waals surface area contributed by atoms with E-state index in [0.717, 1.165) is 30.9 Å². The van der Waals surface area contributed by atoms with Crippen LogP contribution in [0.1, 0.15) is 65.0 Å². The summed E-state index contributed by atoms with van der Waals surface area (Å²) in [5.41, 5.74) is -0.447. The van der Waals surface area contributed by atoms with E-state index in [1.165, 1.54) is 0 Å². The molecule has 23 heavy (non-hydrogen) atoms. The highest BCUT2D eigenvalue weighted by molar-refractivity contribution is 5.68. The predicted molar refractivity (Wildman–Crippen MR) is 90.4 cm³/mol. The average molecular weight is 322 g/mol. The quantitative estimate of drug-likeness (QED) is 0.913. The Morgan fingerprint density at radius 3 is 2.65 bits per heavy atom. The first-order valence-electron chi connectivity index (χ1n) is 8.47. The third kappa shape index (κ3) is 4.99. The fourth-order valence-electron chi connectivity index (χ4n) is 3.04. The van der Waals surface area contributed by atoms with Gasteiger partial charge in [0.2, 0.25) is 0 Å². The second kappa shape index (κ2) is 6.95. The molecule has 3 atom stereocenters. The van der Waals surface area contributed by atoms with E-state index in [1.54, 1.807) is 0 Å². The van der Waals surface area contributed by atoms with Crippen LogP contribution in [0.25, 0.3) is 0 Å². The molecule has 1 N–H and O–H groups in total. The van der Waals surface area contributed by atoms with Crippen molar-refractivity contribution in [3.05, 3.63) is 23.7 Å². The van der Waals surface area contributed by atoms with Gasteiger partial charge in [0, 0.05) is 18.6 Å². The molecule has 2 heterocycles. The van der Waals surface area contributed by atoms with Crippen LogP contribution in [0.4, 0.5) is 4.79 Å². The van der Waals surface area contributed by atoms with E-state index in [4.69, 9.17) is 9.15 Å². The predicted octanol–water partition coefficient (Wildman–Crippen LogP) is 4.03. The van der Waals surface area contributed by atoms with Gasteiger partial charge in [0.1, 0.15) is 17.1 Å². The van der Waals surface area contributed by atoms with E-state index in [1.807, 2.05) is 44.7 Å². The van der Waals surface area contributed by atoms with Crippen LogP contribution < -0.4 is 5.32 Å². The van der Waals surface area contributed by atoms with Gasteiger partial charge in [-0.1, -0.05) is 0 Å². The zero-order valence-corrected chi connectivity index (χ0v) is 15.2. The molecule has 1 amide bonds. The lowest BCUT2D eigenvalue weighted by atomic mass is 9.97. The summed E-state index contributed by atoms with van der Waals surface area (Å²) >= 11 is 0. The van der Waals surface area contributed by atoms with Gasteiger partial charge in [0.15, 0.2) is 0 Å². The summed E-state index contributed by atoms with van der Waals surface area (Å²) in [5, 5.41) is 3.61. The highest BCUT2D eigenvalue weighted by Crippen LogP contribution is 2.23. The van der Waals surface area contributed by atoms with Gasteiger partial charge in [-0.05, 0) is 66.5 Å². The number of carbonyl (C=O) groups excluding carboxylic acids is 1. The molecule has 0 bridgehead atoms. The Morgan fingerprint density at radius 2 is 2.13 bits per heavy atom. The number of ether oxygens (including phenoxy) is 1. The summed E-state index contributed by atoms with van der Waals surface area (Å²) in [6.07, 6.45) is 1.63. The summed E-state index contributed by atoms with van der Waals surface area (Å²) < 4.78 is 11.2. The number of piperidine rings is 1. The van der Waals surface area contributed by atoms with Crippen molar-refractivity contribution in [3.8, 4) is 0 Å². The molecule has 1 aliphatic heterocycles. The molecule has 0 aliphatic carbocycles. The van der Waals surface area contributed by atoms with Gasteiger partial charge in [-0.25, -0.2) is 4.79 Å². The van der Waals surface area contributed by atoms with E-state index in [2.05, 4.69) is 19.2 Å². The van der Waals surface area contributed by atoms with Gasteiger partial charge in [-0.15, -0.1) is 0 Å². The standard InChI is InChI=1S/C18H30N2O3/c1-12-11-15(19-14(3)16-8-7-13(2)22-16)9-10-20(12)17(21)23-18(4,5)6/h7-8,12,14-15,19H,9-11H2,1-6H3. The number of hydrogen-bond acceptors (Lipinski definition) is 4. The Balaban J connectivity index is 1.87. The Morgan fingerprint density at radius 1 is 1.43 bits per heavy atom. The van der Waals surface area contributed by atoms with Crippen molar-refractivity contribution in [1.29, 1.82) is 0 Å². The molecule has 5 heteroatoms. The maximum Gasteiger partial charge on any atom is 0.410 e. The monoisotopic (exact) mass is 322 g/mol. The van der Waals surface area contributed by atoms with Crippen LogP contribution in [0.2, 0.25) is 0 Å². The van der Waals surface area contributed by atoms with Crippen molar-refractivity contribution in [3.63, 3.8) is 0 Å². The zero-order chi connectivity index (χ0) is 17.2. The number of furan rings is 1. The minimum absolute atomic E-state index is 0.168. The van der Waals surface area contributed by atoms with E-state index >= 15 is 0 Å². The number of aryl methyl sites for hydroxylation is 1. The smallest absolute Gasteiger partial charge is 0.410 e. The molecule has 0 radical (unpaired) electrons. The average Bonchev–Trinajstić information content (AvgIpc) is 2.83. The van der Waals surface area contributed by atoms with E-state index in [9.17, 15) is 4.79 Å². The largest absolute Gasteiger partial charge is 0.465 e. The van der Waals surface area contributed by atoms with Gasteiger partial charge < -0.3 is 19.4 Å². The molecule has 0 aromatic carbocycles. The number of nitrogens with one attached hydrogen (secondary N) is 1. The van der Waals surface area contributed by atoms with Crippen molar-refractivity contribution in [2.45, 2.75) is 78.1 Å². The van der Waals surface area contributed by atoms with E-state index in [0.29, 0.717) is 6.04 Å². The summed E-state index contributed by atoms with van der Waals surface area (Å²) in [6.45, 7) is 12.6. The first kappa shape index (κ1) is 17.9. The molecule has 1 aromatic heterocycles. The van der Waals surface area contributed by atoms with Crippen LogP contribution in [0.15, 0.2) is 16.5 Å².